The van der Waals surface area contributed by atoms with Gasteiger partial charge in [0.05, 0.1) is 18.1 Å². The van der Waals surface area contributed by atoms with Crippen LogP contribution >= 0.6 is 11.3 Å². The molecule has 0 aliphatic carbocycles. The number of nitrogens with one attached hydrogen (secondary N) is 1. The lowest BCUT2D eigenvalue weighted by Crippen LogP contribution is -2.46. The van der Waals surface area contributed by atoms with Gasteiger partial charge in [0, 0.05) is 30.6 Å². The Bertz CT molecular complexity index is 799. The largest absolute Gasteiger partial charge is 0.376 e. The van der Waals surface area contributed by atoms with E-state index in [1.807, 2.05) is 35.7 Å². The monoisotopic (exact) mass is 370 g/mol. The molecule has 2 aliphatic rings. The molecule has 5 nitrogen and oxygen atoms in total. The van der Waals surface area contributed by atoms with Crippen LogP contribution in [0.2, 0.25) is 0 Å². The first-order valence-corrected chi connectivity index (χ1v) is 9.83. The molecule has 3 atom stereocenters. The topological polar surface area (TPSA) is 58.6 Å². The number of carbonyl (C=O) groups is 2. The van der Waals surface area contributed by atoms with E-state index in [1.165, 1.54) is 0 Å². The van der Waals surface area contributed by atoms with Gasteiger partial charge in [-0.2, -0.15) is 0 Å². The van der Waals surface area contributed by atoms with E-state index in [9.17, 15) is 9.59 Å². The second-order valence-corrected chi connectivity index (χ2v) is 7.80. The van der Waals surface area contributed by atoms with Gasteiger partial charge in [0.1, 0.15) is 0 Å². The molecule has 0 spiro atoms. The van der Waals surface area contributed by atoms with Gasteiger partial charge in [0.25, 0.3) is 5.91 Å². The zero-order chi connectivity index (χ0) is 18.1. The summed E-state index contributed by atoms with van der Waals surface area (Å²) in [6.07, 6.45) is 2.12. The van der Waals surface area contributed by atoms with Crippen molar-refractivity contribution in [2.45, 2.75) is 30.9 Å². The van der Waals surface area contributed by atoms with Crippen molar-refractivity contribution in [1.82, 2.24) is 10.2 Å². The minimum atomic E-state index is -0.422. The molecule has 0 radical (unpaired) electrons. The maximum atomic E-state index is 13.2. The molecule has 6 heteroatoms. The zero-order valence-corrected chi connectivity index (χ0v) is 15.5. The van der Waals surface area contributed by atoms with Gasteiger partial charge in [-0.25, -0.2) is 0 Å². The summed E-state index contributed by atoms with van der Waals surface area (Å²) in [5.74, 6) is -0.512. The summed E-state index contributed by atoms with van der Waals surface area (Å²) in [5, 5.41) is 5.05. The predicted octanol–water partition coefficient (Wildman–Crippen LogP) is 2.95. The normalized spacial score (nSPS) is 25.2. The van der Waals surface area contributed by atoms with E-state index in [0.29, 0.717) is 12.1 Å². The Labute approximate surface area is 157 Å². The number of hydrogen-bond donors (Lipinski definition) is 1. The molecule has 1 aromatic heterocycles. The Hall–Kier alpha value is -2.18. The maximum absolute atomic E-state index is 13.2. The molecule has 3 unspecified atom stereocenters. The van der Waals surface area contributed by atoms with Gasteiger partial charge < -0.3 is 15.0 Å². The third kappa shape index (κ3) is 3.04. The summed E-state index contributed by atoms with van der Waals surface area (Å²) >= 11 is 1.58. The molecule has 0 bridgehead atoms. The highest BCUT2D eigenvalue weighted by atomic mass is 32.1. The van der Waals surface area contributed by atoms with Crippen molar-refractivity contribution in [3.63, 3.8) is 0 Å². The molecule has 0 saturated carbocycles. The molecule has 2 amide bonds. The minimum absolute atomic E-state index is 0.0397. The van der Waals surface area contributed by atoms with Crippen molar-refractivity contribution in [2.75, 3.05) is 20.2 Å². The Morgan fingerprint density at radius 3 is 2.88 bits per heavy atom. The second-order valence-electron chi connectivity index (χ2n) is 6.82. The van der Waals surface area contributed by atoms with Crippen LogP contribution in [0.5, 0.6) is 0 Å². The van der Waals surface area contributed by atoms with Gasteiger partial charge in [-0.05, 0) is 35.9 Å². The highest BCUT2D eigenvalue weighted by Crippen LogP contribution is 2.43. The van der Waals surface area contributed by atoms with E-state index in [4.69, 9.17) is 4.74 Å². The first-order chi connectivity index (χ1) is 12.7. The summed E-state index contributed by atoms with van der Waals surface area (Å²) in [7, 11) is 1.78. The van der Waals surface area contributed by atoms with Crippen molar-refractivity contribution in [1.29, 1.82) is 0 Å². The SMILES string of the molecule is CN1C(=O)c2ccccc2C(C(=O)NCC2CCCO2)C1c1cccs1. The van der Waals surface area contributed by atoms with Crippen LogP contribution in [0.4, 0.5) is 0 Å². The van der Waals surface area contributed by atoms with Crippen molar-refractivity contribution >= 4 is 23.2 Å². The Balaban J connectivity index is 1.68. The van der Waals surface area contributed by atoms with Crippen molar-refractivity contribution in [3.05, 3.63) is 57.8 Å². The number of amides is 2. The van der Waals surface area contributed by atoms with Crippen LogP contribution < -0.4 is 5.32 Å². The van der Waals surface area contributed by atoms with E-state index in [0.717, 1.165) is 29.9 Å². The molecule has 1 N–H and O–H groups in total. The van der Waals surface area contributed by atoms with Crippen LogP contribution in [0.15, 0.2) is 41.8 Å². The molecule has 3 heterocycles. The maximum Gasteiger partial charge on any atom is 0.254 e. The smallest absolute Gasteiger partial charge is 0.254 e. The van der Waals surface area contributed by atoms with Crippen LogP contribution in [0, 0.1) is 0 Å². The third-order valence-corrected chi connectivity index (χ3v) is 6.17. The van der Waals surface area contributed by atoms with Crippen LogP contribution in [0.25, 0.3) is 0 Å². The molecule has 1 fully saturated rings. The number of ether oxygens (including phenoxy) is 1. The lowest BCUT2D eigenvalue weighted by atomic mass is 9.81. The van der Waals surface area contributed by atoms with Crippen molar-refractivity contribution in [2.24, 2.45) is 0 Å². The summed E-state index contributed by atoms with van der Waals surface area (Å²) < 4.78 is 5.62. The number of rotatable bonds is 4. The van der Waals surface area contributed by atoms with E-state index in [1.54, 1.807) is 29.4 Å². The predicted molar refractivity (Wildman–Crippen MR) is 100 cm³/mol. The number of carbonyl (C=O) groups excluding carboxylic acids is 2. The summed E-state index contributed by atoms with van der Waals surface area (Å²) in [6.45, 7) is 1.29. The lowest BCUT2D eigenvalue weighted by Gasteiger charge is -2.39. The van der Waals surface area contributed by atoms with E-state index in [2.05, 4.69) is 5.32 Å². The Morgan fingerprint density at radius 1 is 1.31 bits per heavy atom. The highest BCUT2D eigenvalue weighted by molar-refractivity contribution is 7.10. The van der Waals surface area contributed by atoms with Crippen LogP contribution in [-0.2, 0) is 9.53 Å². The molecule has 136 valence electrons. The Kier molecular flexibility index (Phi) is 4.78. The first kappa shape index (κ1) is 17.2. The fourth-order valence-corrected chi connectivity index (χ4v) is 4.81. The minimum Gasteiger partial charge on any atom is -0.376 e. The molecule has 2 aromatic rings. The highest BCUT2D eigenvalue weighted by Gasteiger charge is 2.43. The average molecular weight is 370 g/mol. The molecule has 26 heavy (non-hydrogen) atoms. The number of nitrogens with zero attached hydrogens (tertiary/aromatic N) is 1. The lowest BCUT2D eigenvalue weighted by molar-refractivity contribution is -0.124. The van der Waals surface area contributed by atoms with Crippen LogP contribution in [0.1, 0.15) is 45.6 Å². The van der Waals surface area contributed by atoms with Crippen LogP contribution in [-0.4, -0.2) is 43.0 Å². The molecule has 2 aliphatic heterocycles. The van der Waals surface area contributed by atoms with Gasteiger partial charge in [0.2, 0.25) is 5.91 Å². The van der Waals surface area contributed by atoms with E-state index in [-0.39, 0.29) is 24.0 Å². The van der Waals surface area contributed by atoms with Crippen LogP contribution in [0.3, 0.4) is 0 Å². The molecular formula is C20H22N2O3S. The zero-order valence-electron chi connectivity index (χ0n) is 14.7. The van der Waals surface area contributed by atoms with E-state index >= 15 is 0 Å². The standard InChI is InChI=1S/C20H22N2O3S/c1-22-18(16-9-5-11-26-16)17(14-7-2-3-8-15(14)20(22)24)19(23)21-12-13-6-4-10-25-13/h2-3,5,7-9,11,13,17-18H,4,6,10,12H2,1H3,(H,21,23). The molecule has 1 saturated heterocycles. The second kappa shape index (κ2) is 7.21. The van der Waals surface area contributed by atoms with Crippen molar-refractivity contribution in [3.8, 4) is 0 Å². The summed E-state index contributed by atoms with van der Waals surface area (Å²) in [4.78, 5) is 28.7. The number of fused-ring (bicyclic) bond motifs is 1. The fourth-order valence-electron chi connectivity index (χ4n) is 3.90. The van der Waals surface area contributed by atoms with Gasteiger partial charge in [0.15, 0.2) is 0 Å². The average Bonchev–Trinajstić information content (AvgIpc) is 3.36. The number of likely N-dealkylation sites (N-methyl/N-ethyl adjacent to an activating group) is 1. The Morgan fingerprint density at radius 2 is 2.15 bits per heavy atom. The van der Waals surface area contributed by atoms with Crippen molar-refractivity contribution < 1.29 is 14.3 Å². The van der Waals surface area contributed by atoms with Gasteiger partial charge in [-0.1, -0.05) is 24.3 Å². The molecule has 4 rings (SSSR count). The summed E-state index contributed by atoms with van der Waals surface area (Å²) in [5.41, 5.74) is 1.42. The quantitative estimate of drug-likeness (QED) is 0.900. The van der Waals surface area contributed by atoms with Gasteiger partial charge >= 0.3 is 0 Å². The molecular weight excluding hydrogens is 348 g/mol. The molecule has 1 aromatic carbocycles. The van der Waals surface area contributed by atoms with Gasteiger partial charge in [-0.3, -0.25) is 9.59 Å². The van der Waals surface area contributed by atoms with E-state index < -0.39 is 5.92 Å². The van der Waals surface area contributed by atoms with Gasteiger partial charge in [-0.15, -0.1) is 11.3 Å². The first-order valence-electron chi connectivity index (χ1n) is 8.95. The number of benzene rings is 1. The number of thiophene rings is 1. The fraction of sp³-hybridized carbons (Fsp3) is 0.400. The number of hydrogen-bond acceptors (Lipinski definition) is 4. The summed E-state index contributed by atoms with van der Waals surface area (Å²) in [6, 6.07) is 11.1. The third-order valence-electron chi connectivity index (χ3n) is 5.22.